The predicted octanol–water partition coefficient (Wildman–Crippen LogP) is 3.50. The van der Waals surface area contributed by atoms with Crippen LogP contribution in [0, 0.1) is 20.8 Å². The van der Waals surface area contributed by atoms with E-state index in [9.17, 15) is 4.79 Å². The van der Waals surface area contributed by atoms with Crippen LogP contribution in [0.15, 0.2) is 30.5 Å². The molecule has 0 aliphatic heterocycles. The van der Waals surface area contributed by atoms with Gasteiger partial charge < -0.3 is 9.64 Å². The molecule has 0 N–H and O–H groups in total. The van der Waals surface area contributed by atoms with E-state index in [1.807, 2.05) is 38.6 Å². The first-order chi connectivity index (χ1) is 13.3. The molecular weight excluding hydrogens is 378 g/mol. The first-order valence-electron chi connectivity index (χ1n) is 8.93. The van der Waals surface area contributed by atoms with Crippen molar-refractivity contribution in [2.75, 3.05) is 7.05 Å². The molecule has 0 saturated heterocycles. The van der Waals surface area contributed by atoms with Crippen LogP contribution in [0.25, 0.3) is 0 Å². The van der Waals surface area contributed by atoms with Gasteiger partial charge in [0.1, 0.15) is 5.75 Å². The Morgan fingerprint density at radius 2 is 1.96 bits per heavy atom. The lowest BCUT2D eigenvalue weighted by Gasteiger charge is -2.16. The highest BCUT2D eigenvalue weighted by molar-refractivity contribution is 6.31. The summed E-state index contributed by atoms with van der Waals surface area (Å²) in [7, 11) is 3.66. The molecule has 0 fully saturated rings. The highest BCUT2D eigenvalue weighted by Crippen LogP contribution is 2.21. The summed E-state index contributed by atoms with van der Waals surface area (Å²) in [6.45, 7) is 6.56. The van der Waals surface area contributed by atoms with E-state index in [0.29, 0.717) is 23.0 Å². The molecule has 0 bridgehead atoms. The van der Waals surface area contributed by atoms with Crippen molar-refractivity contribution in [3.8, 4) is 5.75 Å². The van der Waals surface area contributed by atoms with Crippen LogP contribution in [-0.2, 0) is 20.3 Å². The second-order valence-electron chi connectivity index (χ2n) is 6.86. The topological polar surface area (TPSA) is 65.2 Å². The molecular formula is C20H24ClN5O2. The normalized spacial score (nSPS) is 10.9. The molecule has 0 radical (unpaired) electrons. The molecule has 3 rings (SSSR count). The molecule has 3 aromatic rings. The predicted molar refractivity (Wildman–Crippen MR) is 108 cm³/mol. The maximum atomic E-state index is 12.7. The van der Waals surface area contributed by atoms with Gasteiger partial charge >= 0.3 is 0 Å². The fourth-order valence-corrected chi connectivity index (χ4v) is 3.06. The zero-order chi connectivity index (χ0) is 20.4. The van der Waals surface area contributed by atoms with Crippen LogP contribution in [0.3, 0.4) is 0 Å². The summed E-state index contributed by atoms with van der Waals surface area (Å²) in [4.78, 5) is 14.4. The van der Waals surface area contributed by atoms with Gasteiger partial charge in [0.2, 0.25) is 0 Å². The molecule has 0 aliphatic carbocycles. The number of halogens is 1. The van der Waals surface area contributed by atoms with Crippen molar-refractivity contribution < 1.29 is 9.53 Å². The number of nitrogens with zero attached hydrogens (tertiary/aromatic N) is 5. The van der Waals surface area contributed by atoms with E-state index in [-0.39, 0.29) is 12.6 Å². The third-order valence-electron chi connectivity index (χ3n) is 4.75. The minimum absolute atomic E-state index is 0.149. The number of aryl methyl sites for hydroxylation is 3. The summed E-state index contributed by atoms with van der Waals surface area (Å²) < 4.78 is 9.13. The molecule has 0 spiro atoms. The van der Waals surface area contributed by atoms with Crippen molar-refractivity contribution in [1.29, 1.82) is 0 Å². The zero-order valence-corrected chi connectivity index (χ0v) is 17.5. The molecule has 0 unspecified atom stereocenters. The number of ether oxygens (including phenoxy) is 1. The smallest absolute Gasteiger partial charge is 0.274 e. The number of amides is 1. The molecule has 0 aliphatic rings. The SMILES string of the molecule is Cc1cc(OCn2ccc(C(=O)N(C)Cc3c(C)nn(C)c3C)n2)ccc1Cl. The van der Waals surface area contributed by atoms with Crippen LogP contribution in [0.5, 0.6) is 5.75 Å². The summed E-state index contributed by atoms with van der Waals surface area (Å²) in [6, 6.07) is 7.15. The van der Waals surface area contributed by atoms with Crippen molar-refractivity contribution >= 4 is 17.5 Å². The van der Waals surface area contributed by atoms with Crippen molar-refractivity contribution in [2.24, 2.45) is 7.05 Å². The molecule has 0 atom stereocenters. The fourth-order valence-electron chi connectivity index (χ4n) is 2.95. The Morgan fingerprint density at radius 3 is 2.61 bits per heavy atom. The van der Waals surface area contributed by atoms with E-state index >= 15 is 0 Å². The number of rotatable bonds is 6. The van der Waals surface area contributed by atoms with Crippen molar-refractivity contribution in [3.05, 3.63) is 63.7 Å². The van der Waals surface area contributed by atoms with Crippen LogP contribution >= 0.6 is 11.6 Å². The lowest BCUT2D eigenvalue weighted by molar-refractivity contribution is 0.0776. The number of aromatic nitrogens is 4. The number of hydrogen-bond donors (Lipinski definition) is 0. The van der Waals surface area contributed by atoms with Crippen LogP contribution in [0.2, 0.25) is 5.02 Å². The molecule has 8 heteroatoms. The lowest BCUT2D eigenvalue weighted by atomic mass is 10.2. The Bertz CT molecular complexity index is 1010. The molecule has 148 valence electrons. The number of carbonyl (C=O) groups is 1. The van der Waals surface area contributed by atoms with Gasteiger partial charge in [0.15, 0.2) is 12.4 Å². The van der Waals surface area contributed by atoms with E-state index < -0.39 is 0 Å². The van der Waals surface area contributed by atoms with Gasteiger partial charge in [0.05, 0.1) is 5.69 Å². The van der Waals surface area contributed by atoms with Gasteiger partial charge in [0, 0.05) is 43.1 Å². The Balaban J connectivity index is 1.63. The maximum absolute atomic E-state index is 12.7. The monoisotopic (exact) mass is 401 g/mol. The van der Waals surface area contributed by atoms with E-state index in [0.717, 1.165) is 22.5 Å². The van der Waals surface area contributed by atoms with E-state index in [2.05, 4.69) is 10.2 Å². The highest BCUT2D eigenvalue weighted by atomic mass is 35.5. The maximum Gasteiger partial charge on any atom is 0.274 e. The number of benzene rings is 1. The summed E-state index contributed by atoms with van der Waals surface area (Å²) >= 11 is 6.02. The number of hydrogen-bond acceptors (Lipinski definition) is 4. The van der Waals surface area contributed by atoms with E-state index in [4.69, 9.17) is 16.3 Å². The van der Waals surface area contributed by atoms with Crippen LogP contribution in [0.4, 0.5) is 0 Å². The van der Waals surface area contributed by atoms with Crippen molar-refractivity contribution in [1.82, 2.24) is 24.5 Å². The first-order valence-corrected chi connectivity index (χ1v) is 9.31. The molecule has 28 heavy (non-hydrogen) atoms. The third-order valence-corrected chi connectivity index (χ3v) is 5.18. The van der Waals surface area contributed by atoms with Crippen molar-refractivity contribution in [2.45, 2.75) is 34.0 Å². The Hall–Kier alpha value is -2.80. The number of carbonyl (C=O) groups excluding carboxylic acids is 1. The van der Waals surface area contributed by atoms with E-state index in [1.165, 1.54) is 0 Å². The second kappa shape index (κ2) is 8.06. The molecule has 2 aromatic heterocycles. The first kappa shape index (κ1) is 19.9. The van der Waals surface area contributed by atoms with Gasteiger partial charge in [-0.2, -0.15) is 10.2 Å². The van der Waals surface area contributed by atoms with Crippen LogP contribution in [0.1, 0.15) is 33.0 Å². The van der Waals surface area contributed by atoms with Gasteiger partial charge in [-0.3, -0.25) is 9.48 Å². The zero-order valence-electron chi connectivity index (χ0n) is 16.7. The summed E-state index contributed by atoms with van der Waals surface area (Å²) in [5.41, 5.74) is 4.35. The minimum Gasteiger partial charge on any atom is -0.471 e. The summed E-state index contributed by atoms with van der Waals surface area (Å²) in [5.74, 6) is 0.550. The Labute approximate surface area is 169 Å². The van der Waals surface area contributed by atoms with Gasteiger partial charge in [-0.15, -0.1) is 0 Å². The molecule has 1 amide bonds. The molecule has 2 heterocycles. The van der Waals surface area contributed by atoms with Crippen LogP contribution in [-0.4, -0.2) is 37.4 Å². The lowest BCUT2D eigenvalue weighted by Crippen LogP contribution is -2.27. The highest BCUT2D eigenvalue weighted by Gasteiger charge is 2.18. The van der Waals surface area contributed by atoms with Crippen molar-refractivity contribution in [3.63, 3.8) is 0 Å². The van der Waals surface area contributed by atoms with Gasteiger partial charge in [-0.1, -0.05) is 11.6 Å². The molecule has 0 saturated carbocycles. The van der Waals surface area contributed by atoms with Gasteiger partial charge in [-0.05, 0) is 50.6 Å². The second-order valence-corrected chi connectivity index (χ2v) is 7.27. The average molecular weight is 402 g/mol. The Kier molecular flexibility index (Phi) is 5.74. The van der Waals surface area contributed by atoms with Gasteiger partial charge in [0.25, 0.3) is 5.91 Å². The Morgan fingerprint density at radius 1 is 1.21 bits per heavy atom. The summed E-state index contributed by atoms with van der Waals surface area (Å²) in [5, 5.41) is 9.43. The van der Waals surface area contributed by atoms with Crippen LogP contribution < -0.4 is 4.74 Å². The summed E-state index contributed by atoms with van der Waals surface area (Å²) in [6.07, 6.45) is 1.73. The molecule has 1 aromatic carbocycles. The quantitative estimate of drug-likeness (QED) is 0.634. The standard InChI is InChI=1S/C20H24ClN5O2/c1-13-10-16(6-7-18(13)21)28-12-26-9-8-19(23-26)20(27)24(4)11-17-14(2)22-25(5)15(17)3/h6-10H,11-12H2,1-5H3. The largest absolute Gasteiger partial charge is 0.471 e. The van der Waals surface area contributed by atoms with Gasteiger partial charge in [-0.25, -0.2) is 4.68 Å². The third kappa shape index (κ3) is 4.20. The molecule has 7 nitrogen and oxygen atoms in total. The average Bonchev–Trinajstić information content (AvgIpc) is 3.22. The van der Waals surface area contributed by atoms with E-state index in [1.54, 1.807) is 41.0 Å². The fraction of sp³-hybridized carbons (Fsp3) is 0.350. The minimum atomic E-state index is -0.149.